The van der Waals surface area contributed by atoms with Crippen molar-refractivity contribution in [2.45, 2.75) is 6.42 Å². The van der Waals surface area contributed by atoms with Gasteiger partial charge in [-0.25, -0.2) is 9.18 Å². The summed E-state index contributed by atoms with van der Waals surface area (Å²) in [6.07, 6.45) is 2.56. The predicted molar refractivity (Wildman–Crippen MR) is 110 cm³/mol. The van der Waals surface area contributed by atoms with Crippen LogP contribution < -0.4 is 0 Å². The average Bonchev–Trinajstić information content (AvgIpc) is 2.76. The fourth-order valence-electron chi connectivity index (χ4n) is 3.49. The van der Waals surface area contributed by atoms with Gasteiger partial charge in [-0.1, -0.05) is 30.3 Å². The molecule has 148 valence electrons. The standard InChI is InChI=1S/C24H16FNO4/c25-17-7-5-14(6-8-17)9-15-10-21-20(18-3-1-2-4-19(18)24(29)30)11-16(13-27)23(28)22(21)26-12-15/h1-8,10-13,28H,9H2,(H,29,30). The lowest BCUT2D eigenvalue weighted by molar-refractivity contribution is 0.0697. The van der Waals surface area contributed by atoms with Crippen molar-refractivity contribution in [2.24, 2.45) is 0 Å². The van der Waals surface area contributed by atoms with Crippen molar-refractivity contribution in [1.29, 1.82) is 0 Å². The molecule has 0 unspecified atom stereocenters. The molecule has 0 aliphatic rings. The number of rotatable bonds is 5. The van der Waals surface area contributed by atoms with Gasteiger partial charge in [0.15, 0.2) is 12.0 Å². The van der Waals surface area contributed by atoms with E-state index in [2.05, 4.69) is 4.98 Å². The summed E-state index contributed by atoms with van der Waals surface area (Å²) in [5, 5.41) is 20.6. The molecule has 0 amide bonds. The van der Waals surface area contributed by atoms with E-state index in [1.54, 1.807) is 42.6 Å². The first-order valence-corrected chi connectivity index (χ1v) is 9.15. The van der Waals surface area contributed by atoms with Gasteiger partial charge in [0.25, 0.3) is 0 Å². The third-order valence-electron chi connectivity index (χ3n) is 4.93. The third kappa shape index (κ3) is 3.51. The summed E-state index contributed by atoms with van der Waals surface area (Å²) in [5.41, 5.74) is 2.87. The van der Waals surface area contributed by atoms with Crippen LogP contribution in [0.5, 0.6) is 5.75 Å². The van der Waals surface area contributed by atoms with Crippen LogP contribution in [0.3, 0.4) is 0 Å². The van der Waals surface area contributed by atoms with E-state index < -0.39 is 5.97 Å². The van der Waals surface area contributed by atoms with E-state index in [9.17, 15) is 24.2 Å². The largest absolute Gasteiger partial charge is 0.505 e. The first kappa shape index (κ1) is 19.3. The molecule has 0 saturated heterocycles. The van der Waals surface area contributed by atoms with Gasteiger partial charge in [-0.15, -0.1) is 0 Å². The van der Waals surface area contributed by atoms with E-state index >= 15 is 0 Å². The number of fused-ring (bicyclic) bond motifs is 1. The zero-order chi connectivity index (χ0) is 21.3. The zero-order valence-corrected chi connectivity index (χ0v) is 15.7. The van der Waals surface area contributed by atoms with Crippen LogP contribution in [-0.4, -0.2) is 27.5 Å². The van der Waals surface area contributed by atoms with Crippen molar-refractivity contribution in [3.8, 4) is 16.9 Å². The van der Waals surface area contributed by atoms with E-state index in [1.165, 1.54) is 24.3 Å². The number of aromatic carboxylic acids is 1. The van der Waals surface area contributed by atoms with Gasteiger partial charge in [0, 0.05) is 11.6 Å². The maximum Gasteiger partial charge on any atom is 0.336 e. The number of nitrogens with zero attached hydrogens (tertiary/aromatic N) is 1. The average molecular weight is 401 g/mol. The summed E-state index contributed by atoms with van der Waals surface area (Å²) >= 11 is 0. The minimum Gasteiger partial charge on any atom is -0.505 e. The number of carbonyl (C=O) groups excluding carboxylic acids is 1. The Morgan fingerprint density at radius 2 is 1.73 bits per heavy atom. The van der Waals surface area contributed by atoms with Crippen LogP contribution in [0.25, 0.3) is 22.0 Å². The van der Waals surface area contributed by atoms with E-state index in [4.69, 9.17) is 0 Å². The fourth-order valence-corrected chi connectivity index (χ4v) is 3.49. The van der Waals surface area contributed by atoms with Crippen molar-refractivity contribution < 1.29 is 24.2 Å². The number of carboxylic acids is 1. The number of carbonyl (C=O) groups is 2. The van der Waals surface area contributed by atoms with Gasteiger partial charge in [-0.05, 0) is 59.0 Å². The van der Waals surface area contributed by atoms with Crippen LogP contribution in [0.2, 0.25) is 0 Å². The van der Waals surface area contributed by atoms with E-state index in [0.29, 0.717) is 29.2 Å². The van der Waals surface area contributed by atoms with Crippen LogP contribution >= 0.6 is 0 Å². The fraction of sp³-hybridized carbons (Fsp3) is 0.0417. The first-order valence-electron chi connectivity index (χ1n) is 9.15. The molecule has 1 aromatic heterocycles. The minimum atomic E-state index is -1.10. The van der Waals surface area contributed by atoms with Crippen molar-refractivity contribution in [2.75, 3.05) is 0 Å². The number of benzene rings is 3. The Morgan fingerprint density at radius 3 is 2.43 bits per heavy atom. The predicted octanol–water partition coefficient (Wildman–Crippen LogP) is 4.85. The number of carboxylic acid groups (broad SMARTS) is 1. The molecule has 2 N–H and O–H groups in total. The number of aldehydes is 1. The lowest BCUT2D eigenvalue weighted by atomic mass is 9.92. The lowest BCUT2D eigenvalue weighted by Crippen LogP contribution is -2.01. The number of aromatic hydroxyl groups is 1. The van der Waals surface area contributed by atoms with Crippen molar-refractivity contribution in [3.05, 3.63) is 94.9 Å². The molecular weight excluding hydrogens is 385 g/mol. The van der Waals surface area contributed by atoms with Crippen molar-refractivity contribution in [1.82, 2.24) is 4.98 Å². The van der Waals surface area contributed by atoms with E-state index in [1.807, 2.05) is 0 Å². The van der Waals surface area contributed by atoms with E-state index in [-0.39, 0.29) is 28.2 Å². The Hall–Kier alpha value is -4.06. The Balaban J connectivity index is 1.94. The molecule has 0 spiro atoms. The van der Waals surface area contributed by atoms with Crippen LogP contribution in [0.15, 0.2) is 66.9 Å². The quantitative estimate of drug-likeness (QED) is 0.467. The molecule has 4 rings (SSSR count). The van der Waals surface area contributed by atoms with Gasteiger partial charge < -0.3 is 10.2 Å². The second-order valence-electron chi connectivity index (χ2n) is 6.87. The number of pyridine rings is 1. The van der Waals surface area contributed by atoms with E-state index in [0.717, 1.165) is 11.1 Å². The highest BCUT2D eigenvalue weighted by Crippen LogP contribution is 2.37. The summed E-state index contributed by atoms with van der Waals surface area (Å²) < 4.78 is 13.2. The number of hydrogen-bond donors (Lipinski definition) is 2. The zero-order valence-electron chi connectivity index (χ0n) is 15.7. The molecule has 0 bridgehead atoms. The Labute approximate surface area is 171 Å². The molecule has 6 heteroatoms. The van der Waals surface area contributed by atoms with Crippen LogP contribution in [0.4, 0.5) is 4.39 Å². The van der Waals surface area contributed by atoms with Crippen LogP contribution in [0, 0.1) is 5.82 Å². The molecule has 0 radical (unpaired) electrons. The molecular formula is C24H16FNO4. The van der Waals surface area contributed by atoms with Gasteiger partial charge in [0.05, 0.1) is 11.1 Å². The summed E-state index contributed by atoms with van der Waals surface area (Å²) in [4.78, 5) is 27.5. The van der Waals surface area contributed by atoms with Gasteiger partial charge in [-0.3, -0.25) is 9.78 Å². The lowest BCUT2D eigenvalue weighted by Gasteiger charge is -2.13. The summed E-state index contributed by atoms with van der Waals surface area (Å²) in [6, 6.07) is 15.8. The van der Waals surface area contributed by atoms with Crippen molar-refractivity contribution in [3.63, 3.8) is 0 Å². The summed E-state index contributed by atoms with van der Waals surface area (Å²) in [5.74, 6) is -1.69. The third-order valence-corrected chi connectivity index (χ3v) is 4.93. The first-order chi connectivity index (χ1) is 14.5. The van der Waals surface area contributed by atoms with Gasteiger partial charge in [0.2, 0.25) is 0 Å². The second kappa shape index (κ2) is 7.75. The topological polar surface area (TPSA) is 87.5 Å². The summed E-state index contributed by atoms with van der Waals surface area (Å²) in [6.45, 7) is 0. The Kier molecular flexibility index (Phi) is 4.98. The molecule has 0 aliphatic carbocycles. The minimum absolute atomic E-state index is 0.0245. The van der Waals surface area contributed by atoms with Gasteiger partial charge >= 0.3 is 5.97 Å². The number of aromatic nitrogens is 1. The molecule has 3 aromatic carbocycles. The summed E-state index contributed by atoms with van der Waals surface area (Å²) in [7, 11) is 0. The SMILES string of the molecule is O=Cc1cc(-c2ccccc2C(=O)O)c2cc(Cc3ccc(F)cc3)cnc2c1O. The van der Waals surface area contributed by atoms with Gasteiger partial charge in [0.1, 0.15) is 11.3 Å². The Morgan fingerprint density at radius 1 is 1.00 bits per heavy atom. The normalized spacial score (nSPS) is 10.8. The molecule has 5 nitrogen and oxygen atoms in total. The molecule has 1 heterocycles. The van der Waals surface area contributed by atoms with Gasteiger partial charge in [-0.2, -0.15) is 0 Å². The molecule has 0 atom stereocenters. The van der Waals surface area contributed by atoms with Crippen LogP contribution in [0.1, 0.15) is 31.8 Å². The smallest absolute Gasteiger partial charge is 0.336 e. The highest BCUT2D eigenvalue weighted by Gasteiger charge is 2.18. The molecule has 30 heavy (non-hydrogen) atoms. The number of phenolic OH excluding ortho intramolecular Hbond substituents is 1. The number of hydrogen-bond acceptors (Lipinski definition) is 4. The second-order valence-corrected chi connectivity index (χ2v) is 6.87. The monoisotopic (exact) mass is 401 g/mol. The number of phenols is 1. The van der Waals surface area contributed by atoms with Crippen LogP contribution in [-0.2, 0) is 6.42 Å². The van der Waals surface area contributed by atoms with Crippen molar-refractivity contribution >= 4 is 23.2 Å². The molecule has 0 aliphatic heterocycles. The number of halogens is 1. The highest BCUT2D eigenvalue weighted by atomic mass is 19.1. The Bertz CT molecular complexity index is 1280. The molecule has 0 fully saturated rings. The highest BCUT2D eigenvalue weighted by molar-refractivity contribution is 6.07. The maximum atomic E-state index is 13.2. The molecule has 0 saturated carbocycles. The maximum absolute atomic E-state index is 13.2. The molecule has 4 aromatic rings.